The van der Waals surface area contributed by atoms with Gasteiger partial charge in [-0.25, -0.2) is 0 Å². The Hall–Kier alpha value is -1.28. The van der Waals surface area contributed by atoms with E-state index in [9.17, 15) is 0 Å². The van der Waals surface area contributed by atoms with E-state index in [0.29, 0.717) is 31.1 Å². The van der Waals surface area contributed by atoms with Gasteiger partial charge >= 0.3 is 0 Å². The lowest BCUT2D eigenvalue weighted by Gasteiger charge is -2.28. The van der Waals surface area contributed by atoms with Gasteiger partial charge in [-0.1, -0.05) is 0 Å². The maximum absolute atomic E-state index is 5.86. The number of nitrogens with two attached hydrogens (primary N) is 1. The number of hydrogen-bond donors (Lipinski definition) is 1. The van der Waals surface area contributed by atoms with E-state index in [0.717, 1.165) is 38.4 Å². The molecular formula is C12H20N6OS. The first kappa shape index (κ1) is 13.7. The lowest BCUT2D eigenvalue weighted by atomic mass is 10.4. The van der Waals surface area contributed by atoms with Crippen LogP contribution in [-0.4, -0.2) is 65.9 Å². The summed E-state index contributed by atoms with van der Waals surface area (Å²) in [6.07, 6.45) is 1.16. The molecule has 0 bridgehead atoms. The van der Waals surface area contributed by atoms with Crippen molar-refractivity contribution in [2.75, 3.05) is 66.4 Å². The van der Waals surface area contributed by atoms with Crippen LogP contribution in [0.5, 0.6) is 0 Å². The van der Waals surface area contributed by atoms with Crippen molar-refractivity contribution in [2.24, 2.45) is 0 Å². The summed E-state index contributed by atoms with van der Waals surface area (Å²) < 4.78 is 5.36. The van der Waals surface area contributed by atoms with Crippen LogP contribution in [0.1, 0.15) is 6.42 Å². The topological polar surface area (TPSA) is 80.4 Å². The van der Waals surface area contributed by atoms with E-state index in [1.165, 1.54) is 5.75 Å². The molecule has 3 heterocycles. The summed E-state index contributed by atoms with van der Waals surface area (Å²) in [6, 6.07) is 0. The zero-order valence-corrected chi connectivity index (χ0v) is 12.3. The van der Waals surface area contributed by atoms with E-state index in [2.05, 4.69) is 24.8 Å². The fraction of sp³-hybridized carbons (Fsp3) is 0.750. The van der Waals surface area contributed by atoms with Crippen LogP contribution in [-0.2, 0) is 4.74 Å². The highest BCUT2D eigenvalue weighted by Crippen LogP contribution is 2.19. The summed E-state index contributed by atoms with van der Waals surface area (Å²) >= 11 is 1.98. The molecule has 2 saturated heterocycles. The van der Waals surface area contributed by atoms with Crippen LogP contribution in [0.3, 0.4) is 0 Å². The third-order valence-electron chi connectivity index (χ3n) is 3.43. The standard InChI is InChI=1S/C12H20N6OS/c13-10-14-11(17-2-1-8-20-9-5-17)16-12(15-10)18-3-6-19-7-4-18/h1-9H2,(H2,13,14,15,16). The number of aromatic nitrogens is 3. The number of rotatable bonds is 2. The maximum Gasteiger partial charge on any atom is 0.232 e. The van der Waals surface area contributed by atoms with Gasteiger partial charge in [0.05, 0.1) is 13.2 Å². The largest absolute Gasteiger partial charge is 0.378 e. The molecule has 3 rings (SSSR count). The first-order chi connectivity index (χ1) is 9.83. The molecule has 8 heteroatoms. The van der Waals surface area contributed by atoms with Crippen molar-refractivity contribution in [3.63, 3.8) is 0 Å². The Morgan fingerprint density at radius 1 is 0.900 bits per heavy atom. The first-order valence-corrected chi connectivity index (χ1v) is 8.15. The van der Waals surface area contributed by atoms with E-state index >= 15 is 0 Å². The SMILES string of the molecule is Nc1nc(N2CCOCC2)nc(N2CCCSCC2)n1. The molecule has 0 saturated carbocycles. The van der Waals surface area contributed by atoms with Gasteiger partial charge in [-0.2, -0.15) is 26.7 Å². The normalized spacial score (nSPS) is 20.8. The van der Waals surface area contributed by atoms with E-state index in [-0.39, 0.29) is 0 Å². The van der Waals surface area contributed by atoms with Gasteiger partial charge in [0.1, 0.15) is 0 Å². The van der Waals surface area contributed by atoms with Crippen LogP contribution in [0.25, 0.3) is 0 Å². The Morgan fingerprint density at radius 3 is 2.35 bits per heavy atom. The van der Waals surface area contributed by atoms with Crippen LogP contribution in [0.15, 0.2) is 0 Å². The minimum Gasteiger partial charge on any atom is -0.378 e. The van der Waals surface area contributed by atoms with Gasteiger partial charge in [0.15, 0.2) is 0 Å². The van der Waals surface area contributed by atoms with Crippen molar-refractivity contribution in [1.82, 2.24) is 15.0 Å². The van der Waals surface area contributed by atoms with Crippen molar-refractivity contribution in [1.29, 1.82) is 0 Å². The highest BCUT2D eigenvalue weighted by atomic mass is 32.2. The number of anilines is 3. The Bertz CT molecular complexity index is 446. The van der Waals surface area contributed by atoms with Crippen molar-refractivity contribution >= 4 is 29.6 Å². The number of morpholine rings is 1. The van der Waals surface area contributed by atoms with Crippen molar-refractivity contribution in [3.8, 4) is 0 Å². The average Bonchev–Trinajstić information content (AvgIpc) is 2.77. The van der Waals surface area contributed by atoms with Crippen LogP contribution in [0.2, 0.25) is 0 Å². The van der Waals surface area contributed by atoms with Gasteiger partial charge in [-0.05, 0) is 12.2 Å². The van der Waals surface area contributed by atoms with E-state index in [4.69, 9.17) is 10.5 Å². The lowest BCUT2D eigenvalue weighted by molar-refractivity contribution is 0.122. The molecule has 1 aromatic heterocycles. The number of nitrogen functional groups attached to an aromatic ring is 1. The quantitative estimate of drug-likeness (QED) is 0.831. The third kappa shape index (κ3) is 3.24. The molecule has 0 unspecified atom stereocenters. The van der Waals surface area contributed by atoms with Gasteiger partial charge in [0.2, 0.25) is 17.8 Å². The maximum atomic E-state index is 5.86. The third-order valence-corrected chi connectivity index (χ3v) is 4.48. The molecule has 110 valence electrons. The molecule has 0 radical (unpaired) electrons. The Labute approximate surface area is 122 Å². The Morgan fingerprint density at radius 2 is 1.60 bits per heavy atom. The summed E-state index contributed by atoms with van der Waals surface area (Å²) in [6.45, 7) is 4.98. The molecule has 2 aliphatic heterocycles. The molecule has 0 atom stereocenters. The number of ether oxygens (including phenoxy) is 1. The number of nitrogens with zero attached hydrogens (tertiary/aromatic N) is 5. The fourth-order valence-corrected chi connectivity index (χ4v) is 3.25. The van der Waals surface area contributed by atoms with Crippen LogP contribution in [0, 0.1) is 0 Å². The molecule has 0 aromatic carbocycles. The minimum atomic E-state index is 0.299. The smallest absolute Gasteiger partial charge is 0.232 e. The summed E-state index contributed by atoms with van der Waals surface area (Å²) in [5, 5.41) is 0. The Kier molecular flexibility index (Phi) is 4.41. The van der Waals surface area contributed by atoms with Gasteiger partial charge < -0.3 is 20.3 Å². The molecule has 0 spiro atoms. The van der Waals surface area contributed by atoms with Crippen molar-refractivity contribution in [2.45, 2.75) is 6.42 Å². The molecule has 7 nitrogen and oxygen atoms in total. The second-order valence-corrected chi connectivity index (χ2v) is 6.07. The number of hydrogen-bond acceptors (Lipinski definition) is 8. The molecule has 0 amide bonds. The van der Waals surface area contributed by atoms with Gasteiger partial charge in [-0.3, -0.25) is 0 Å². The van der Waals surface area contributed by atoms with Gasteiger partial charge in [0, 0.05) is 31.9 Å². The minimum absolute atomic E-state index is 0.299. The van der Waals surface area contributed by atoms with Crippen LogP contribution in [0.4, 0.5) is 17.8 Å². The van der Waals surface area contributed by atoms with E-state index in [1.807, 2.05) is 11.8 Å². The molecule has 20 heavy (non-hydrogen) atoms. The Balaban J connectivity index is 1.81. The number of thioether (sulfide) groups is 1. The average molecular weight is 296 g/mol. The van der Waals surface area contributed by atoms with E-state index in [1.54, 1.807) is 0 Å². The summed E-state index contributed by atoms with van der Waals surface area (Å²) in [5.41, 5.74) is 5.86. The van der Waals surface area contributed by atoms with Crippen molar-refractivity contribution in [3.05, 3.63) is 0 Å². The highest BCUT2D eigenvalue weighted by Gasteiger charge is 2.19. The van der Waals surface area contributed by atoms with Crippen LogP contribution >= 0.6 is 11.8 Å². The van der Waals surface area contributed by atoms with E-state index < -0.39 is 0 Å². The molecule has 2 aliphatic rings. The summed E-state index contributed by atoms with van der Waals surface area (Å²) in [5.74, 6) is 3.99. The zero-order chi connectivity index (χ0) is 13.8. The molecular weight excluding hydrogens is 276 g/mol. The van der Waals surface area contributed by atoms with Gasteiger partial charge in [-0.15, -0.1) is 0 Å². The highest BCUT2D eigenvalue weighted by molar-refractivity contribution is 7.99. The molecule has 1 aromatic rings. The predicted molar refractivity (Wildman–Crippen MR) is 81.4 cm³/mol. The summed E-state index contributed by atoms with van der Waals surface area (Å²) in [4.78, 5) is 17.5. The van der Waals surface area contributed by atoms with Crippen LogP contribution < -0.4 is 15.5 Å². The van der Waals surface area contributed by atoms with Crippen molar-refractivity contribution < 1.29 is 4.74 Å². The lowest BCUT2D eigenvalue weighted by Crippen LogP contribution is -2.38. The monoisotopic (exact) mass is 296 g/mol. The molecule has 2 fully saturated rings. The molecule has 2 N–H and O–H groups in total. The zero-order valence-electron chi connectivity index (χ0n) is 11.5. The summed E-state index contributed by atoms with van der Waals surface area (Å²) in [7, 11) is 0. The first-order valence-electron chi connectivity index (χ1n) is 7.00. The fourth-order valence-electron chi connectivity index (χ4n) is 2.36. The molecule has 0 aliphatic carbocycles. The second-order valence-electron chi connectivity index (χ2n) is 4.85. The predicted octanol–water partition coefficient (Wildman–Crippen LogP) is 0.234. The van der Waals surface area contributed by atoms with Gasteiger partial charge in [0.25, 0.3) is 0 Å². The second kappa shape index (κ2) is 6.45.